The maximum Gasteiger partial charge on any atom is 0.224 e. The molecule has 3 heterocycles. The first-order valence-corrected chi connectivity index (χ1v) is 9.93. The number of anilines is 2. The summed E-state index contributed by atoms with van der Waals surface area (Å²) in [6.07, 6.45) is 7.87. The van der Waals surface area contributed by atoms with Crippen molar-refractivity contribution in [3.8, 4) is 5.82 Å². The van der Waals surface area contributed by atoms with Crippen molar-refractivity contribution in [3.63, 3.8) is 0 Å². The third-order valence-electron chi connectivity index (χ3n) is 5.29. The second-order valence-electron chi connectivity index (χ2n) is 7.28. The topological polar surface area (TPSA) is 93.4 Å². The van der Waals surface area contributed by atoms with Gasteiger partial charge in [0.1, 0.15) is 11.3 Å². The van der Waals surface area contributed by atoms with Crippen LogP contribution in [0.15, 0.2) is 60.9 Å². The highest BCUT2D eigenvalue weighted by Gasteiger charge is 2.22. The number of benzene rings is 1. The molecule has 1 aliphatic carbocycles. The fourth-order valence-electron chi connectivity index (χ4n) is 3.80. The molecule has 1 aromatic carbocycles. The molecular weight excluding hydrogens is 400 g/mol. The van der Waals surface area contributed by atoms with Gasteiger partial charge in [0.05, 0.1) is 5.52 Å². The van der Waals surface area contributed by atoms with Crippen LogP contribution in [0.1, 0.15) is 25.7 Å². The Balaban J connectivity index is 0.00000218. The highest BCUT2D eigenvalue weighted by Crippen LogP contribution is 2.24. The Labute approximate surface area is 180 Å². The average Bonchev–Trinajstić information content (AvgIpc) is 3.20. The highest BCUT2D eigenvalue weighted by atomic mass is 35.5. The second-order valence-corrected chi connectivity index (χ2v) is 7.28. The normalized spacial score (nSPS) is 18.5. The third kappa shape index (κ3) is 4.33. The summed E-state index contributed by atoms with van der Waals surface area (Å²) in [5.41, 5.74) is 1.78. The van der Waals surface area contributed by atoms with Crippen molar-refractivity contribution in [3.05, 3.63) is 60.9 Å². The molecular formula is C21H23ClN8. The van der Waals surface area contributed by atoms with Crippen LogP contribution in [0.2, 0.25) is 0 Å². The minimum atomic E-state index is 0. The minimum absolute atomic E-state index is 0. The average molecular weight is 423 g/mol. The molecule has 0 bridgehead atoms. The number of nitrogens with one attached hydrogen (secondary N) is 2. The van der Waals surface area contributed by atoms with E-state index in [1.54, 1.807) is 10.9 Å². The zero-order valence-corrected chi connectivity index (χ0v) is 17.2. The molecule has 0 amide bonds. The van der Waals surface area contributed by atoms with Crippen LogP contribution >= 0.6 is 12.4 Å². The van der Waals surface area contributed by atoms with Crippen molar-refractivity contribution in [2.75, 3.05) is 10.6 Å². The van der Waals surface area contributed by atoms with E-state index in [9.17, 15) is 0 Å². The summed E-state index contributed by atoms with van der Waals surface area (Å²) >= 11 is 0. The number of hydrogen-bond donors (Lipinski definition) is 2. The standard InChI is InChI=1S/C21H22N8.ClH/c1-2-6-18-17(5-1)27-28-29(18)20-12-14-23-21(26-20)25-16-10-8-15(9-11-16)24-19-7-3-4-13-22-19;/h1-7,12-16H,8-11H2,(H,22,24)(H,23,25,26);1H. The summed E-state index contributed by atoms with van der Waals surface area (Å²) < 4.78 is 1.75. The smallest absolute Gasteiger partial charge is 0.224 e. The molecule has 9 heteroatoms. The van der Waals surface area contributed by atoms with Gasteiger partial charge in [0.15, 0.2) is 5.82 Å². The first kappa shape index (κ1) is 20.0. The molecule has 4 aromatic rings. The summed E-state index contributed by atoms with van der Waals surface area (Å²) in [7, 11) is 0. The number of fused-ring (bicyclic) bond motifs is 1. The van der Waals surface area contributed by atoms with Crippen molar-refractivity contribution in [2.24, 2.45) is 0 Å². The van der Waals surface area contributed by atoms with Crippen LogP contribution in [0.3, 0.4) is 0 Å². The maximum atomic E-state index is 4.66. The molecule has 3 aromatic heterocycles. The fraction of sp³-hybridized carbons (Fsp3) is 0.286. The molecule has 8 nitrogen and oxygen atoms in total. The molecule has 0 atom stereocenters. The zero-order valence-electron chi connectivity index (χ0n) is 16.3. The maximum absolute atomic E-state index is 4.66. The van der Waals surface area contributed by atoms with Gasteiger partial charge in [0.25, 0.3) is 0 Å². The van der Waals surface area contributed by atoms with Crippen LogP contribution in [-0.4, -0.2) is 42.0 Å². The Kier molecular flexibility index (Phi) is 6.04. The number of halogens is 1. The molecule has 1 fully saturated rings. The molecule has 1 saturated carbocycles. The first-order chi connectivity index (χ1) is 14.3. The van der Waals surface area contributed by atoms with Gasteiger partial charge in [-0.15, -0.1) is 17.5 Å². The van der Waals surface area contributed by atoms with E-state index < -0.39 is 0 Å². The molecule has 30 heavy (non-hydrogen) atoms. The number of nitrogens with zero attached hydrogens (tertiary/aromatic N) is 6. The Morgan fingerprint density at radius 2 is 1.57 bits per heavy atom. The Morgan fingerprint density at radius 3 is 2.37 bits per heavy atom. The number of hydrogen-bond acceptors (Lipinski definition) is 7. The van der Waals surface area contributed by atoms with E-state index >= 15 is 0 Å². The van der Waals surface area contributed by atoms with Crippen molar-refractivity contribution in [1.82, 2.24) is 29.9 Å². The van der Waals surface area contributed by atoms with Gasteiger partial charge in [0.2, 0.25) is 5.95 Å². The van der Waals surface area contributed by atoms with E-state index in [0.717, 1.165) is 42.5 Å². The number of pyridine rings is 1. The van der Waals surface area contributed by atoms with E-state index in [0.29, 0.717) is 23.8 Å². The Morgan fingerprint density at radius 1 is 0.800 bits per heavy atom. The lowest BCUT2D eigenvalue weighted by molar-refractivity contribution is 0.427. The molecule has 0 saturated heterocycles. The van der Waals surface area contributed by atoms with Crippen LogP contribution < -0.4 is 10.6 Å². The van der Waals surface area contributed by atoms with Gasteiger partial charge in [0, 0.05) is 30.5 Å². The molecule has 0 radical (unpaired) electrons. The van der Waals surface area contributed by atoms with E-state index in [-0.39, 0.29) is 12.4 Å². The van der Waals surface area contributed by atoms with Gasteiger partial charge in [-0.1, -0.05) is 23.4 Å². The second kappa shape index (κ2) is 9.04. The van der Waals surface area contributed by atoms with E-state index in [1.165, 1.54) is 0 Å². The quantitative estimate of drug-likeness (QED) is 0.504. The van der Waals surface area contributed by atoms with Gasteiger partial charge in [-0.25, -0.2) is 9.97 Å². The van der Waals surface area contributed by atoms with Crippen molar-refractivity contribution in [2.45, 2.75) is 37.8 Å². The first-order valence-electron chi connectivity index (χ1n) is 9.93. The van der Waals surface area contributed by atoms with Crippen LogP contribution in [0.25, 0.3) is 16.9 Å². The van der Waals surface area contributed by atoms with Crippen LogP contribution in [0.5, 0.6) is 0 Å². The highest BCUT2D eigenvalue weighted by molar-refractivity contribution is 5.85. The molecule has 2 N–H and O–H groups in total. The summed E-state index contributed by atoms with van der Waals surface area (Å²) in [6, 6.07) is 16.5. The number of rotatable bonds is 5. The Bertz CT molecular complexity index is 1090. The van der Waals surface area contributed by atoms with E-state index in [1.807, 2.05) is 54.7 Å². The van der Waals surface area contributed by atoms with Gasteiger partial charge in [-0.2, -0.15) is 9.67 Å². The lowest BCUT2D eigenvalue weighted by Crippen LogP contribution is -2.33. The predicted octanol–water partition coefficient (Wildman–Crippen LogP) is 3.86. The van der Waals surface area contributed by atoms with Crippen LogP contribution in [0.4, 0.5) is 11.8 Å². The fourth-order valence-corrected chi connectivity index (χ4v) is 3.80. The summed E-state index contributed by atoms with van der Waals surface area (Å²) in [5, 5.41) is 15.5. The Hall–Kier alpha value is -3.26. The van der Waals surface area contributed by atoms with Crippen molar-refractivity contribution >= 4 is 35.2 Å². The van der Waals surface area contributed by atoms with Gasteiger partial charge in [-0.05, 0) is 49.9 Å². The largest absolute Gasteiger partial charge is 0.367 e. The summed E-state index contributed by atoms with van der Waals surface area (Å²) in [6.45, 7) is 0. The zero-order chi connectivity index (χ0) is 19.5. The molecule has 0 aliphatic heterocycles. The van der Waals surface area contributed by atoms with Gasteiger partial charge < -0.3 is 10.6 Å². The molecule has 5 rings (SSSR count). The summed E-state index contributed by atoms with van der Waals surface area (Å²) in [4.78, 5) is 13.4. The summed E-state index contributed by atoms with van der Waals surface area (Å²) in [5.74, 6) is 2.28. The van der Waals surface area contributed by atoms with E-state index in [2.05, 4.69) is 35.9 Å². The predicted molar refractivity (Wildman–Crippen MR) is 119 cm³/mol. The van der Waals surface area contributed by atoms with Crippen molar-refractivity contribution < 1.29 is 0 Å². The molecule has 0 spiro atoms. The monoisotopic (exact) mass is 422 g/mol. The molecule has 1 aliphatic rings. The SMILES string of the molecule is Cl.c1ccc(NC2CCC(Nc3nccc(-n4nnc5ccccc54)n3)CC2)nc1. The molecule has 154 valence electrons. The number of para-hydroxylation sites is 1. The molecule has 0 unspecified atom stereocenters. The van der Waals surface area contributed by atoms with Gasteiger partial charge in [-0.3, -0.25) is 0 Å². The lowest BCUT2D eigenvalue weighted by Gasteiger charge is -2.30. The lowest BCUT2D eigenvalue weighted by atomic mass is 9.91. The third-order valence-corrected chi connectivity index (χ3v) is 5.29. The number of aromatic nitrogens is 6. The van der Waals surface area contributed by atoms with Crippen LogP contribution in [-0.2, 0) is 0 Å². The van der Waals surface area contributed by atoms with Crippen molar-refractivity contribution in [1.29, 1.82) is 0 Å². The van der Waals surface area contributed by atoms with Crippen LogP contribution in [0, 0.1) is 0 Å². The minimum Gasteiger partial charge on any atom is -0.367 e. The van der Waals surface area contributed by atoms with E-state index in [4.69, 9.17) is 0 Å². The van der Waals surface area contributed by atoms with Gasteiger partial charge >= 0.3 is 0 Å².